The molecule has 0 bridgehead atoms. The van der Waals surface area contributed by atoms with Gasteiger partial charge in [0.05, 0.1) is 5.30 Å². The Hall–Kier alpha value is -4.01. The van der Waals surface area contributed by atoms with E-state index in [0.717, 1.165) is 22.3 Å². The van der Waals surface area contributed by atoms with Gasteiger partial charge in [-0.15, -0.1) is 0 Å². The van der Waals surface area contributed by atoms with Gasteiger partial charge in [0.2, 0.25) is 0 Å². The van der Waals surface area contributed by atoms with Gasteiger partial charge in [-0.05, 0) is 34.2 Å². The number of hydrogen-bond donors (Lipinski definition) is 2. The fourth-order valence-corrected chi connectivity index (χ4v) is 7.37. The van der Waals surface area contributed by atoms with E-state index in [-0.39, 0.29) is 11.1 Å². The van der Waals surface area contributed by atoms with E-state index in [1.807, 2.05) is 84.9 Å². The van der Waals surface area contributed by atoms with Gasteiger partial charge in [-0.25, -0.2) is 0 Å². The van der Waals surface area contributed by atoms with Crippen molar-refractivity contribution in [2.75, 3.05) is 0 Å². The molecule has 1 atom stereocenters. The Balaban J connectivity index is 1.64. The molecule has 166 valence electrons. The largest absolute Gasteiger partial charge is 0.504 e. The molecule has 2 N–H and O–H groups in total. The summed E-state index contributed by atoms with van der Waals surface area (Å²) in [6.45, 7) is 0. The third-order valence-electron chi connectivity index (χ3n) is 6.33. The van der Waals surface area contributed by atoms with Crippen molar-refractivity contribution >= 4 is 28.8 Å². The molecule has 4 nitrogen and oxygen atoms in total. The Morgan fingerprint density at radius 3 is 2.29 bits per heavy atom. The zero-order valence-corrected chi connectivity index (χ0v) is 19.1. The summed E-state index contributed by atoms with van der Waals surface area (Å²) >= 11 is 0. The van der Waals surface area contributed by atoms with E-state index in [4.69, 9.17) is 4.52 Å². The monoisotopic (exact) mass is 464 g/mol. The van der Waals surface area contributed by atoms with Crippen LogP contribution < -0.4 is 15.1 Å². The highest BCUT2D eigenvalue weighted by Gasteiger charge is 2.42. The van der Waals surface area contributed by atoms with Gasteiger partial charge in [-0.3, -0.25) is 4.57 Å². The molecule has 5 aromatic rings. The van der Waals surface area contributed by atoms with Crippen LogP contribution in [0.1, 0.15) is 11.1 Å². The Kier molecular flexibility index (Phi) is 4.72. The van der Waals surface area contributed by atoms with E-state index in [2.05, 4.69) is 0 Å². The van der Waals surface area contributed by atoms with Crippen molar-refractivity contribution in [3.8, 4) is 28.4 Å². The van der Waals surface area contributed by atoms with E-state index in [1.54, 1.807) is 12.1 Å². The maximum Gasteiger partial charge on any atom is 0.311 e. The van der Waals surface area contributed by atoms with Crippen LogP contribution in [0, 0.1) is 0 Å². The van der Waals surface area contributed by atoms with Gasteiger partial charge in [0.1, 0.15) is 11.1 Å². The summed E-state index contributed by atoms with van der Waals surface area (Å²) in [5, 5.41) is 23.4. The van der Waals surface area contributed by atoms with E-state index in [0.29, 0.717) is 28.2 Å². The molecule has 1 heterocycles. The van der Waals surface area contributed by atoms with E-state index in [1.165, 1.54) is 6.07 Å². The van der Waals surface area contributed by atoms with Gasteiger partial charge < -0.3 is 14.7 Å². The normalized spacial score (nSPS) is 16.5. The molecule has 34 heavy (non-hydrogen) atoms. The molecule has 0 fully saturated rings. The predicted octanol–water partition coefficient (Wildman–Crippen LogP) is 6.13. The lowest BCUT2D eigenvalue weighted by molar-refractivity contribution is 0.406. The fourth-order valence-electron chi connectivity index (χ4n) is 4.76. The summed E-state index contributed by atoms with van der Waals surface area (Å²) in [5.41, 5.74) is 3.68. The van der Waals surface area contributed by atoms with Crippen LogP contribution in [0.15, 0.2) is 103 Å². The SMILES string of the molecule is O=P1(c2c(O)c(O)cc3ccccc23)Oc2c(Cc3ccccc3)cccc2-c2ccccc21. The molecule has 0 radical (unpaired) electrons. The Labute approximate surface area is 197 Å². The first-order valence-corrected chi connectivity index (χ1v) is 12.7. The first-order chi connectivity index (χ1) is 16.6. The van der Waals surface area contributed by atoms with Crippen LogP contribution in [0.5, 0.6) is 17.2 Å². The Morgan fingerprint density at radius 2 is 1.44 bits per heavy atom. The van der Waals surface area contributed by atoms with Gasteiger partial charge in [-0.1, -0.05) is 91.0 Å². The summed E-state index contributed by atoms with van der Waals surface area (Å²) in [4.78, 5) is 0. The van der Waals surface area contributed by atoms with Crippen molar-refractivity contribution in [3.63, 3.8) is 0 Å². The molecule has 1 unspecified atom stereocenters. The molecule has 5 heteroatoms. The minimum atomic E-state index is -3.84. The average molecular weight is 464 g/mol. The molecule has 0 aliphatic carbocycles. The lowest BCUT2D eigenvalue weighted by Crippen LogP contribution is -2.26. The lowest BCUT2D eigenvalue weighted by Gasteiger charge is -2.31. The zero-order valence-electron chi connectivity index (χ0n) is 18.2. The van der Waals surface area contributed by atoms with Crippen molar-refractivity contribution in [1.82, 2.24) is 0 Å². The summed E-state index contributed by atoms with van der Waals surface area (Å²) in [7, 11) is -3.84. The number of benzene rings is 5. The molecular formula is C29H21O4P. The molecule has 0 saturated carbocycles. The average Bonchev–Trinajstić information content (AvgIpc) is 2.86. The van der Waals surface area contributed by atoms with Crippen LogP contribution in [0.25, 0.3) is 21.9 Å². The van der Waals surface area contributed by atoms with Gasteiger partial charge in [0, 0.05) is 17.4 Å². The van der Waals surface area contributed by atoms with Crippen LogP contribution in [-0.2, 0) is 11.0 Å². The van der Waals surface area contributed by atoms with Crippen molar-refractivity contribution in [2.45, 2.75) is 6.42 Å². The first kappa shape index (κ1) is 20.6. The maximum atomic E-state index is 14.9. The third kappa shape index (κ3) is 3.11. The summed E-state index contributed by atoms with van der Waals surface area (Å²) < 4.78 is 21.4. The van der Waals surface area contributed by atoms with Crippen molar-refractivity contribution in [1.29, 1.82) is 0 Å². The van der Waals surface area contributed by atoms with Crippen LogP contribution in [-0.4, -0.2) is 10.2 Å². The number of para-hydroxylation sites is 1. The summed E-state index contributed by atoms with van der Waals surface area (Å²) in [5.74, 6) is -0.200. The number of phenolic OH excluding ortho intramolecular Hbond substituents is 2. The topological polar surface area (TPSA) is 66.8 Å². The molecule has 0 saturated heterocycles. The predicted molar refractivity (Wildman–Crippen MR) is 136 cm³/mol. The minimum Gasteiger partial charge on any atom is -0.504 e. The number of rotatable bonds is 3. The number of aromatic hydroxyl groups is 2. The molecule has 1 aliphatic rings. The Morgan fingerprint density at radius 1 is 0.735 bits per heavy atom. The maximum absolute atomic E-state index is 14.9. The molecule has 0 aromatic heterocycles. The first-order valence-electron chi connectivity index (χ1n) is 11.1. The highest BCUT2D eigenvalue weighted by atomic mass is 31.2. The Bertz CT molecular complexity index is 1610. The second-order valence-corrected chi connectivity index (χ2v) is 10.6. The molecular weight excluding hydrogens is 443 g/mol. The quantitative estimate of drug-likeness (QED) is 0.249. The van der Waals surface area contributed by atoms with Gasteiger partial charge in [0.15, 0.2) is 11.5 Å². The lowest BCUT2D eigenvalue weighted by atomic mass is 9.97. The van der Waals surface area contributed by atoms with Crippen LogP contribution in [0.3, 0.4) is 0 Å². The highest BCUT2D eigenvalue weighted by Crippen LogP contribution is 2.58. The van der Waals surface area contributed by atoms with E-state index in [9.17, 15) is 14.8 Å². The standard InChI is InChI=1S/C29H21O4P/c30-25-18-20-11-4-5-13-22(20)29(27(25)31)34(32)26-16-7-6-14-23(26)24-15-8-12-21(28(24)33-34)17-19-9-2-1-3-10-19/h1-16,18,30-31H,17H2. The van der Waals surface area contributed by atoms with Crippen molar-refractivity contribution < 1.29 is 19.3 Å². The molecule has 5 aromatic carbocycles. The fraction of sp³-hybridized carbons (Fsp3) is 0.0345. The van der Waals surface area contributed by atoms with Crippen LogP contribution >= 0.6 is 7.37 Å². The molecule has 6 rings (SSSR count). The van der Waals surface area contributed by atoms with Crippen LogP contribution in [0.4, 0.5) is 0 Å². The second kappa shape index (κ2) is 7.79. The molecule has 1 aliphatic heterocycles. The summed E-state index contributed by atoms with van der Waals surface area (Å²) in [6, 6.07) is 32.1. The number of phenols is 2. The van der Waals surface area contributed by atoms with Crippen molar-refractivity contribution in [2.24, 2.45) is 0 Å². The highest BCUT2D eigenvalue weighted by molar-refractivity contribution is 7.75. The molecule has 0 amide bonds. The van der Waals surface area contributed by atoms with Gasteiger partial charge >= 0.3 is 7.37 Å². The number of fused-ring (bicyclic) bond motifs is 4. The second-order valence-electron chi connectivity index (χ2n) is 8.43. The van der Waals surface area contributed by atoms with Gasteiger partial charge in [-0.2, -0.15) is 0 Å². The zero-order chi connectivity index (χ0) is 23.3. The molecule has 0 spiro atoms. The number of hydrogen-bond acceptors (Lipinski definition) is 4. The smallest absolute Gasteiger partial charge is 0.311 e. The van der Waals surface area contributed by atoms with E-state index >= 15 is 0 Å². The van der Waals surface area contributed by atoms with Gasteiger partial charge in [0.25, 0.3) is 0 Å². The minimum absolute atomic E-state index is 0.121. The third-order valence-corrected chi connectivity index (χ3v) is 8.84. The van der Waals surface area contributed by atoms with Crippen molar-refractivity contribution in [3.05, 3.63) is 114 Å². The van der Waals surface area contributed by atoms with Crippen LogP contribution in [0.2, 0.25) is 0 Å². The van der Waals surface area contributed by atoms with E-state index < -0.39 is 13.1 Å². The summed E-state index contributed by atoms with van der Waals surface area (Å²) in [6.07, 6.45) is 0.610.